The maximum absolute atomic E-state index is 13.1. The van der Waals surface area contributed by atoms with Crippen LogP contribution in [0.15, 0.2) is 70.9 Å². The molecule has 12 heteroatoms. The third-order valence-electron chi connectivity index (χ3n) is 4.52. The summed E-state index contributed by atoms with van der Waals surface area (Å²) in [6, 6.07) is 8.83. The van der Waals surface area contributed by atoms with Crippen molar-refractivity contribution in [1.82, 2.24) is 10.4 Å². The molecule has 4 rings (SSSR count). The molecule has 2 aromatic rings. The van der Waals surface area contributed by atoms with Gasteiger partial charge in [0.25, 0.3) is 0 Å². The number of fused-ring (bicyclic) bond motifs is 1. The molecule has 6 nitrogen and oxygen atoms in total. The van der Waals surface area contributed by atoms with Crippen LogP contribution in [0.4, 0.5) is 32.0 Å². The molecule has 0 bridgehead atoms. The second kappa shape index (κ2) is 7.10. The molecular formula is C19H14F6N6. The third-order valence-corrected chi connectivity index (χ3v) is 4.52. The lowest BCUT2D eigenvalue weighted by molar-refractivity contribution is -0.138. The number of benzene rings is 2. The van der Waals surface area contributed by atoms with Gasteiger partial charge in [-0.25, -0.2) is 9.98 Å². The zero-order valence-corrected chi connectivity index (χ0v) is 15.5. The van der Waals surface area contributed by atoms with Gasteiger partial charge in [-0.1, -0.05) is 18.2 Å². The van der Waals surface area contributed by atoms with Crippen molar-refractivity contribution in [2.75, 3.05) is 5.32 Å². The molecule has 1 atom stereocenters. The molecule has 0 radical (unpaired) electrons. The van der Waals surface area contributed by atoms with Crippen LogP contribution in [0.2, 0.25) is 0 Å². The van der Waals surface area contributed by atoms with E-state index in [1.54, 1.807) is 0 Å². The maximum atomic E-state index is 13.1. The predicted octanol–water partition coefficient (Wildman–Crippen LogP) is 4.01. The molecule has 2 heterocycles. The van der Waals surface area contributed by atoms with Gasteiger partial charge in [0, 0.05) is 23.7 Å². The number of hydrazine groups is 1. The van der Waals surface area contributed by atoms with Crippen LogP contribution < -0.4 is 16.5 Å². The van der Waals surface area contributed by atoms with E-state index in [4.69, 9.17) is 5.73 Å². The van der Waals surface area contributed by atoms with Crippen LogP contribution in [0.1, 0.15) is 16.7 Å². The monoisotopic (exact) mass is 440 g/mol. The number of halogens is 6. The highest BCUT2D eigenvalue weighted by molar-refractivity contribution is 6.45. The second-order valence-electron chi connectivity index (χ2n) is 6.74. The van der Waals surface area contributed by atoms with Crippen molar-refractivity contribution in [2.45, 2.75) is 18.1 Å². The zero-order chi connectivity index (χ0) is 22.4. The summed E-state index contributed by atoms with van der Waals surface area (Å²) in [5.74, 6) is -1.59. The summed E-state index contributed by atoms with van der Waals surface area (Å²) in [4.78, 5) is 8.33. The quantitative estimate of drug-likeness (QED) is 0.617. The minimum absolute atomic E-state index is 0.0380. The van der Waals surface area contributed by atoms with Gasteiger partial charge < -0.3 is 5.32 Å². The molecule has 31 heavy (non-hydrogen) atoms. The predicted molar refractivity (Wildman–Crippen MR) is 101 cm³/mol. The van der Waals surface area contributed by atoms with Gasteiger partial charge in [0.15, 0.2) is 11.7 Å². The van der Waals surface area contributed by atoms with Crippen LogP contribution in [0.3, 0.4) is 0 Å². The van der Waals surface area contributed by atoms with Crippen molar-refractivity contribution in [1.29, 1.82) is 0 Å². The standard InChI is InChI=1S/C19H14F6N6/c20-17(21,22)11-3-1-5-13(9-11)19(26)29-16-15(27-7-8-31(16)30-19)28-14-6-2-4-12(10-14)18(23,24)25/h1-10,30H,26H2,(H,27,28). The van der Waals surface area contributed by atoms with Crippen molar-refractivity contribution in [3.8, 4) is 0 Å². The summed E-state index contributed by atoms with van der Waals surface area (Å²) in [6.45, 7) is 0. The van der Waals surface area contributed by atoms with E-state index in [2.05, 4.69) is 20.7 Å². The van der Waals surface area contributed by atoms with Crippen LogP contribution in [-0.4, -0.2) is 16.7 Å². The van der Waals surface area contributed by atoms with Gasteiger partial charge >= 0.3 is 12.4 Å². The lowest BCUT2D eigenvalue weighted by atomic mass is 10.1. The number of alkyl halides is 6. The number of amidine groups is 2. The Labute approximate surface area is 171 Å². The van der Waals surface area contributed by atoms with Gasteiger partial charge in [-0.3, -0.25) is 10.7 Å². The largest absolute Gasteiger partial charge is 0.416 e. The number of nitrogens with zero attached hydrogens (tertiary/aromatic N) is 3. The van der Waals surface area contributed by atoms with E-state index >= 15 is 0 Å². The summed E-state index contributed by atoms with van der Waals surface area (Å²) < 4.78 is 78.1. The molecule has 2 aromatic carbocycles. The second-order valence-corrected chi connectivity index (χ2v) is 6.74. The first kappa shape index (κ1) is 20.9. The molecule has 162 valence electrons. The summed E-state index contributed by atoms with van der Waals surface area (Å²) in [5.41, 5.74) is 7.37. The van der Waals surface area contributed by atoms with E-state index in [1.165, 1.54) is 41.7 Å². The fourth-order valence-electron chi connectivity index (χ4n) is 3.05. The van der Waals surface area contributed by atoms with Crippen molar-refractivity contribution in [3.63, 3.8) is 0 Å². The molecule has 0 fully saturated rings. The Morgan fingerprint density at radius 2 is 1.58 bits per heavy atom. The van der Waals surface area contributed by atoms with Crippen molar-refractivity contribution in [3.05, 3.63) is 77.6 Å². The number of aliphatic imine (C=N–C) groups is 2. The molecule has 0 saturated carbocycles. The van der Waals surface area contributed by atoms with Gasteiger partial charge in [0.05, 0.1) is 11.1 Å². The summed E-state index contributed by atoms with van der Waals surface area (Å²) in [5, 5.41) is 4.06. The molecule has 4 N–H and O–H groups in total. The number of hydrogen-bond acceptors (Lipinski definition) is 6. The van der Waals surface area contributed by atoms with Crippen molar-refractivity contribution < 1.29 is 26.3 Å². The van der Waals surface area contributed by atoms with E-state index in [0.29, 0.717) is 0 Å². The molecule has 1 unspecified atom stereocenters. The Kier molecular flexibility index (Phi) is 4.78. The Balaban J connectivity index is 1.65. The van der Waals surface area contributed by atoms with Crippen LogP contribution in [0, 0.1) is 0 Å². The third kappa shape index (κ3) is 4.11. The number of nitrogens with two attached hydrogens (primary N) is 1. The van der Waals surface area contributed by atoms with Crippen LogP contribution in [0.5, 0.6) is 0 Å². The highest BCUT2D eigenvalue weighted by atomic mass is 19.4. The molecule has 0 amide bonds. The fraction of sp³-hybridized carbons (Fsp3) is 0.158. The molecule has 0 aliphatic carbocycles. The minimum atomic E-state index is -4.57. The van der Waals surface area contributed by atoms with Gasteiger partial charge in [-0.05, 0) is 30.3 Å². The smallest absolute Gasteiger partial charge is 0.337 e. The van der Waals surface area contributed by atoms with E-state index in [9.17, 15) is 26.3 Å². The van der Waals surface area contributed by atoms with E-state index in [-0.39, 0.29) is 22.9 Å². The molecule has 0 aromatic heterocycles. The number of anilines is 1. The number of rotatable bonds is 2. The Morgan fingerprint density at radius 1 is 0.935 bits per heavy atom. The number of hydrogen-bond donors (Lipinski definition) is 3. The SMILES string of the molecule is NC1(c2cccc(C(F)(F)F)c2)N=C2C(Nc3cccc(C(F)(F)F)c3)=NC=CN2N1. The van der Waals surface area contributed by atoms with Crippen LogP contribution >= 0.6 is 0 Å². The molecule has 2 aliphatic heterocycles. The van der Waals surface area contributed by atoms with Gasteiger partial charge in [0.1, 0.15) is 0 Å². The van der Waals surface area contributed by atoms with Crippen molar-refractivity contribution in [2.24, 2.45) is 15.7 Å². The average molecular weight is 440 g/mol. The minimum Gasteiger partial charge on any atom is -0.337 e. The van der Waals surface area contributed by atoms with Gasteiger partial charge in [-0.2, -0.15) is 31.8 Å². The first-order valence-electron chi connectivity index (χ1n) is 8.78. The first-order chi connectivity index (χ1) is 14.5. The van der Waals surface area contributed by atoms with Crippen molar-refractivity contribution >= 4 is 17.4 Å². The zero-order valence-electron chi connectivity index (χ0n) is 15.5. The highest BCUT2D eigenvalue weighted by Gasteiger charge is 2.41. The summed E-state index contributed by atoms with van der Waals surface area (Å²) in [7, 11) is 0. The Morgan fingerprint density at radius 3 is 2.26 bits per heavy atom. The first-order valence-corrected chi connectivity index (χ1v) is 8.78. The van der Waals surface area contributed by atoms with E-state index < -0.39 is 29.3 Å². The summed E-state index contributed by atoms with van der Waals surface area (Å²) in [6.07, 6.45) is -6.33. The fourth-order valence-corrected chi connectivity index (χ4v) is 3.05. The highest BCUT2D eigenvalue weighted by Crippen LogP contribution is 2.33. The maximum Gasteiger partial charge on any atom is 0.416 e. The average Bonchev–Trinajstić information content (AvgIpc) is 3.06. The van der Waals surface area contributed by atoms with Gasteiger partial charge in [-0.15, -0.1) is 0 Å². The van der Waals surface area contributed by atoms with E-state index in [1.807, 2.05) is 0 Å². The summed E-state index contributed by atoms with van der Waals surface area (Å²) >= 11 is 0. The van der Waals surface area contributed by atoms with Gasteiger partial charge in [0.2, 0.25) is 5.79 Å². The molecular weight excluding hydrogens is 426 g/mol. The molecule has 0 saturated heterocycles. The Bertz CT molecular complexity index is 1100. The lowest BCUT2D eigenvalue weighted by Gasteiger charge is -2.26. The molecule has 0 spiro atoms. The van der Waals surface area contributed by atoms with Crippen LogP contribution in [0.25, 0.3) is 0 Å². The topological polar surface area (TPSA) is 78.0 Å². The number of nitrogens with one attached hydrogen (secondary N) is 2. The molecule has 2 aliphatic rings. The Hall–Kier alpha value is -3.38. The lowest BCUT2D eigenvalue weighted by Crippen LogP contribution is -2.51. The van der Waals surface area contributed by atoms with E-state index in [0.717, 1.165) is 24.3 Å². The normalized spacial score (nSPS) is 20.9. The van der Waals surface area contributed by atoms with Crippen LogP contribution in [-0.2, 0) is 18.1 Å².